The minimum atomic E-state index is -0.455. The molecule has 150 valence electrons. The van der Waals surface area contributed by atoms with Crippen LogP contribution in [0.25, 0.3) is 0 Å². The van der Waals surface area contributed by atoms with Gasteiger partial charge in [0, 0.05) is 24.4 Å². The largest absolute Gasteiger partial charge is 0.493 e. The van der Waals surface area contributed by atoms with Crippen LogP contribution in [0.2, 0.25) is 5.02 Å². The summed E-state index contributed by atoms with van der Waals surface area (Å²) in [6, 6.07) is 15.7. The number of rotatable bonds is 8. The lowest BCUT2D eigenvalue weighted by Crippen LogP contribution is -2.03. The van der Waals surface area contributed by atoms with E-state index in [1.165, 1.54) is 31.4 Å². The molecule has 0 aliphatic heterocycles. The second kappa shape index (κ2) is 9.25. The van der Waals surface area contributed by atoms with Crippen molar-refractivity contribution in [1.82, 2.24) is 0 Å². The highest BCUT2D eigenvalue weighted by molar-refractivity contribution is 6.32. The summed E-state index contributed by atoms with van der Waals surface area (Å²) in [5.41, 5.74) is 2.41. The lowest BCUT2D eigenvalue weighted by Gasteiger charge is -2.15. The summed E-state index contributed by atoms with van der Waals surface area (Å²) in [6.45, 7) is 0.644. The van der Waals surface area contributed by atoms with E-state index in [0.717, 1.165) is 16.8 Å². The third-order valence-electron chi connectivity index (χ3n) is 4.16. The maximum Gasteiger partial charge on any atom is 0.269 e. The summed E-state index contributed by atoms with van der Waals surface area (Å²) in [4.78, 5) is 10.3. The average Bonchev–Trinajstić information content (AvgIpc) is 2.72. The molecule has 29 heavy (non-hydrogen) atoms. The number of hydrogen-bond donors (Lipinski definition) is 1. The predicted molar refractivity (Wildman–Crippen MR) is 109 cm³/mol. The van der Waals surface area contributed by atoms with E-state index in [2.05, 4.69) is 5.32 Å². The Labute approximate surface area is 172 Å². The van der Waals surface area contributed by atoms with Crippen LogP contribution in [0.5, 0.6) is 11.5 Å². The van der Waals surface area contributed by atoms with Gasteiger partial charge in [0.2, 0.25) is 0 Å². The van der Waals surface area contributed by atoms with Gasteiger partial charge in [-0.15, -0.1) is 0 Å². The zero-order chi connectivity index (χ0) is 20.8. The molecule has 0 bridgehead atoms. The molecule has 0 aliphatic carbocycles. The number of nitro groups is 1. The Morgan fingerprint density at radius 2 is 1.76 bits per heavy atom. The van der Waals surface area contributed by atoms with Crippen molar-refractivity contribution in [3.63, 3.8) is 0 Å². The predicted octanol–water partition coefficient (Wildman–Crippen LogP) is 5.59. The molecule has 8 heteroatoms. The van der Waals surface area contributed by atoms with Crippen molar-refractivity contribution >= 4 is 23.0 Å². The second-order valence-corrected chi connectivity index (χ2v) is 6.59. The smallest absolute Gasteiger partial charge is 0.269 e. The topological polar surface area (TPSA) is 73.6 Å². The third kappa shape index (κ3) is 5.36. The Morgan fingerprint density at radius 3 is 2.38 bits per heavy atom. The van der Waals surface area contributed by atoms with E-state index in [1.807, 2.05) is 0 Å². The van der Waals surface area contributed by atoms with Crippen LogP contribution in [-0.2, 0) is 13.2 Å². The van der Waals surface area contributed by atoms with Crippen LogP contribution in [0.1, 0.15) is 11.1 Å². The van der Waals surface area contributed by atoms with E-state index in [9.17, 15) is 14.5 Å². The van der Waals surface area contributed by atoms with Gasteiger partial charge in [0.1, 0.15) is 12.4 Å². The molecule has 1 N–H and O–H groups in total. The van der Waals surface area contributed by atoms with Gasteiger partial charge < -0.3 is 14.8 Å². The van der Waals surface area contributed by atoms with Crippen LogP contribution in [0.15, 0.2) is 60.7 Å². The van der Waals surface area contributed by atoms with Crippen molar-refractivity contribution in [2.45, 2.75) is 13.2 Å². The minimum Gasteiger partial charge on any atom is -0.493 e. The van der Waals surface area contributed by atoms with E-state index < -0.39 is 4.92 Å². The summed E-state index contributed by atoms with van der Waals surface area (Å²) >= 11 is 6.38. The van der Waals surface area contributed by atoms with Crippen molar-refractivity contribution in [3.05, 3.63) is 92.7 Å². The average molecular weight is 417 g/mol. The molecule has 0 heterocycles. The number of methoxy groups -OCH3 is 1. The van der Waals surface area contributed by atoms with Crippen molar-refractivity contribution in [2.75, 3.05) is 12.4 Å². The Balaban J connectivity index is 1.69. The highest BCUT2D eigenvalue weighted by atomic mass is 35.5. The molecule has 6 nitrogen and oxygen atoms in total. The van der Waals surface area contributed by atoms with Gasteiger partial charge in [0.05, 0.1) is 17.1 Å². The monoisotopic (exact) mass is 416 g/mol. The second-order valence-electron chi connectivity index (χ2n) is 6.18. The van der Waals surface area contributed by atoms with Gasteiger partial charge in [-0.3, -0.25) is 10.1 Å². The van der Waals surface area contributed by atoms with Crippen molar-refractivity contribution in [1.29, 1.82) is 0 Å². The SMILES string of the molecule is COc1cc(CNc2ccc(F)cc2)cc(Cl)c1OCc1ccc([N+](=O)[O-])cc1. The van der Waals surface area contributed by atoms with E-state index in [-0.39, 0.29) is 18.1 Å². The van der Waals surface area contributed by atoms with Crippen molar-refractivity contribution in [3.8, 4) is 11.5 Å². The molecule has 0 unspecified atom stereocenters. The van der Waals surface area contributed by atoms with Crippen molar-refractivity contribution < 1.29 is 18.8 Å². The molecule has 0 radical (unpaired) electrons. The zero-order valence-electron chi connectivity index (χ0n) is 15.5. The fourth-order valence-corrected chi connectivity index (χ4v) is 2.94. The Bertz CT molecular complexity index is 995. The molecule has 0 spiro atoms. The standard InChI is InChI=1S/C21H18ClFN2O4/c1-28-20-11-15(12-24-17-6-4-16(23)5-7-17)10-19(22)21(20)29-13-14-2-8-18(9-3-14)25(26)27/h2-11,24H,12-13H2,1H3. The normalized spacial score (nSPS) is 10.4. The number of ether oxygens (including phenoxy) is 2. The van der Waals surface area contributed by atoms with Crippen LogP contribution in [-0.4, -0.2) is 12.0 Å². The third-order valence-corrected chi connectivity index (χ3v) is 4.44. The first-order chi connectivity index (χ1) is 14.0. The summed E-state index contributed by atoms with van der Waals surface area (Å²) in [5, 5.41) is 14.3. The number of non-ortho nitro benzene ring substituents is 1. The Hall–Kier alpha value is -3.32. The fourth-order valence-electron chi connectivity index (χ4n) is 2.66. The first-order valence-corrected chi connectivity index (χ1v) is 9.06. The summed E-state index contributed by atoms with van der Waals surface area (Å²) in [5.74, 6) is 0.558. The maximum atomic E-state index is 13.0. The van der Waals surface area contributed by atoms with Crippen LogP contribution in [0, 0.1) is 15.9 Å². The molecule has 0 amide bonds. The number of hydrogen-bond acceptors (Lipinski definition) is 5. The molecule has 3 aromatic carbocycles. The Kier molecular flexibility index (Phi) is 6.51. The first-order valence-electron chi connectivity index (χ1n) is 8.68. The molecule has 0 saturated carbocycles. The molecular formula is C21H18ClFN2O4. The van der Waals surface area contributed by atoms with Gasteiger partial charge >= 0.3 is 0 Å². The highest BCUT2D eigenvalue weighted by Crippen LogP contribution is 2.37. The van der Waals surface area contributed by atoms with Crippen LogP contribution in [0.4, 0.5) is 15.8 Å². The summed E-state index contributed by atoms with van der Waals surface area (Å²) in [7, 11) is 1.52. The van der Waals surface area contributed by atoms with Crippen molar-refractivity contribution in [2.24, 2.45) is 0 Å². The van der Waals surface area contributed by atoms with Crippen LogP contribution in [0.3, 0.4) is 0 Å². The maximum absolute atomic E-state index is 13.0. The van der Waals surface area contributed by atoms with Crippen LogP contribution >= 0.6 is 11.6 Å². The molecule has 3 rings (SSSR count). The minimum absolute atomic E-state index is 0.0161. The highest BCUT2D eigenvalue weighted by Gasteiger charge is 2.13. The quantitative estimate of drug-likeness (QED) is 0.383. The van der Waals surface area contributed by atoms with Gasteiger partial charge in [0.25, 0.3) is 5.69 Å². The number of halogens is 2. The van der Waals surface area contributed by atoms with Gasteiger partial charge in [0.15, 0.2) is 11.5 Å². The first kappa shape index (κ1) is 20.4. The number of anilines is 1. The Morgan fingerprint density at radius 1 is 1.07 bits per heavy atom. The molecule has 0 fully saturated rings. The molecule has 3 aromatic rings. The number of nitrogens with zero attached hydrogens (tertiary/aromatic N) is 1. The van der Waals surface area contributed by atoms with E-state index in [0.29, 0.717) is 23.1 Å². The van der Waals surface area contributed by atoms with Gasteiger partial charge in [-0.25, -0.2) is 4.39 Å². The zero-order valence-corrected chi connectivity index (χ0v) is 16.3. The molecule has 0 atom stereocenters. The number of benzene rings is 3. The molecule has 0 aromatic heterocycles. The summed E-state index contributed by atoms with van der Waals surface area (Å²) < 4.78 is 24.2. The lowest BCUT2D eigenvalue weighted by molar-refractivity contribution is -0.384. The van der Waals surface area contributed by atoms with Crippen LogP contribution < -0.4 is 14.8 Å². The number of nitro benzene ring substituents is 1. The fraction of sp³-hybridized carbons (Fsp3) is 0.143. The van der Waals surface area contributed by atoms with E-state index >= 15 is 0 Å². The van der Waals surface area contributed by atoms with Gasteiger partial charge in [-0.05, 0) is 59.7 Å². The van der Waals surface area contributed by atoms with Gasteiger partial charge in [-0.1, -0.05) is 11.6 Å². The van der Waals surface area contributed by atoms with E-state index in [1.54, 1.807) is 36.4 Å². The molecule has 0 saturated heterocycles. The lowest BCUT2D eigenvalue weighted by atomic mass is 10.2. The molecule has 0 aliphatic rings. The number of nitrogens with one attached hydrogen (secondary N) is 1. The summed E-state index contributed by atoms with van der Waals surface area (Å²) in [6.07, 6.45) is 0. The van der Waals surface area contributed by atoms with E-state index in [4.69, 9.17) is 21.1 Å². The molecular weight excluding hydrogens is 399 g/mol. The van der Waals surface area contributed by atoms with Gasteiger partial charge in [-0.2, -0.15) is 0 Å².